The smallest absolute Gasteiger partial charge is 0.0834 e. The van der Waals surface area contributed by atoms with Gasteiger partial charge in [0.15, 0.2) is 0 Å². The molecule has 4 nitrogen and oxygen atoms in total. The van der Waals surface area contributed by atoms with E-state index in [1.54, 1.807) is 6.20 Å². The van der Waals surface area contributed by atoms with E-state index in [2.05, 4.69) is 17.3 Å². The van der Waals surface area contributed by atoms with Gasteiger partial charge in [0.1, 0.15) is 0 Å². The fourth-order valence-electron chi connectivity index (χ4n) is 2.61. The molecule has 0 bridgehead atoms. The first-order valence-electron chi connectivity index (χ1n) is 6.76. The summed E-state index contributed by atoms with van der Waals surface area (Å²) in [5.74, 6) is 0. The molecule has 1 aliphatic heterocycles. The van der Waals surface area contributed by atoms with Gasteiger partial charge in [-0.05, 0) is 39.7 Å². The second-order valence-corrected chi connectivity index (χ2v) is 5.15. The van der Waals surface area contributed by atoms with Crippen molar-refractivity contribution < 1.29 is 4.74 Å². The highest BCUT2D eigenvalue weighted by Gasteiger charge is 2.22. The summed E-state index contributed by atoms with van der Waals surface area (Å²) >= 11 is 6.24. The summed E-state index contributed by atoms with van der Waals surface area (Å²) in [6.45, 7) is 3.85. The molecule has 0 spiro atoms. The van der Waals surface area contributed by atoms with Crippen LogP contribution in [0.1, 0.15) is 44.3 Å². The molecule has 2 unspecified atom stereocenters. The Morgan fingerprint density at radius 3 is 3.11 bits per heavy atom. The lowest BCUT2D eigenvalue weighted by molar-refractivity contribution is 0.0995. The van der Waals surface area contributed by atoms with Crippen LogP contribution in [0.5, 0.6) is 0 Å². The van der Waals surface area contributed by atoms with Crippen molar-refractivity contribution in [3.05, 3.63) is 16.9 Å². The Morgan fingerprint density at radius 2 is 2.50 bits per heavy atom. The molecule has 1 aromatic rings. The SMILES string of the molecule is CCn1ncc(Cl)c1C(CCC1CCCO1)NC. The van der Waals surface area contributed by atoms with Gasteiger partial charge in [-0.2, -0.15) is 5.10 Å². The van der Waals surface area contributed by atoms with E-state index in [4.69, 9.17) is 16.3 Å². The highest BCUT2D eigenvalue weighted by atomic mass is 35.5. The summed E-state index contributed by atoms with van der Waals surface area (Å²) in [5.41, 5.74) is 1.10. The molecule has 1 aliphatic rings. The number of hydrogen-bond acceptors (Lipinski definition) is 3. The Morgan fingerprint density at radius 1 is 1.67 bits per heavy atom. The van der Waals surface area contributed by atoms with E-state index in [9.17, 15) is 0 Å². The number of nitrogens with zero attached hydrogens (tertiary/aromatic N) is 2. The molecule has 0 radical (unpaired) electrons. The zero-order valence-electron chi connectivity index (χ0n) is 11.2. The summed E-state index contributed by atoms with van der Waals surface area (Å²) in [6, 6.07) is 0.254. The summed E-state index contributed by atoms with van der Waals surface area (Å²) < 4.78 is 7.64. The van der Waals surface area contributed by atoms with Crippen LogP contribution in [0, 0.1) is 0 Å². The van der Waals surface area contributed by atoms with Crippen molar-refractivity contribution >= 4 is 11.6 Å². The zero-order chi connectivity index (χ0) is 13.0. The molecule has 0 saturated carbocycles. The number of ether oxygens (including phenoxy) is 1. The maximum atomic E-state index is 6.24. The van der Waals surface area contributed by atoms with E-state index in [0.717, 1.165) is 36.7 Å². The lowest BCUT2D eigenvalue weighted by atomic mass is 10.0. The largest absolute Gasteiger partial charge is 0.378 e. The second kappa shape index (κ2) is 6.55. The van der Waals surface area contributed by atoms with E-state index < -0.39 is 0 Å². The fourth-order valence-corrected chi connectivity index (χ4v) is 2.89. The number of rotatable bonds is 6. The van der Waals surface area contributed by atoms with Crippen LogP contribution >= 0.6 is 11.6 Å². The third-order valence-electron chi connectivity index (χ3n) is 3.61. The molecule has 2 heterocycles. The van der Waals surface area contributed by atoms with Crippen molar-refractivity contribution in [3.63, 3.8) is 0 Å². The minimum atomic E-state index is 0.254. The first-order chi connectivity index (χ1) is 8.76. The molecular weight excluding hydrogens is 250 g/mol. The highest BCUT2D eigenvalue weighted by Crippen LogP contribution is 2.28. The van der Waals surface area contributed by atoms with Gasteiger partial charge in [0.2, 0.25) is 0 Å². The van der Waals surface area contributed by atoms with E-state index >= 15 is 0 Å². The van der Waals surface area contributed by atoms with Crippen LogP contribution in [0.2, 0.25) is 5.02 Å². The standard InChI is InChI=1S/C13H22ClN3O/c1-3-17-13(11(14)9-16-17)12(15-2)7-6-10-5-4-8-18-10/h9-10,12,15H,3-8H2,1-2H3. The molecule has 1 N–H and O–H groups in total. The molecule has 2 atom stereocenters. The number of halogens is 1. The number of aryl methyl sites for hydroxylation is 1. The van der Waals surface area contributed by atoms with Crippen LogP contribution in [-0.2, 0) is 11.3 Å². The topological polar surface area (TPSA) is 39.1 Å². The summed E-state index contributed by atoms with van der Waals surface area (Å²) in [4.78, 5) is 0. The van der Waals surface area contributed by atoms with Gasteiger partial charge < -0.3 is 10.1 Å². The molecule has 1 fully saturated rings. The van der Waals surface area contributed by atoms with Gasteiger partial charge in [0, 0.05) is 13.2 Å². The number of hydrogen-bond donors (Lipinski definition) is 1. The predicted octanol–water partition coefficient (Wildman–Crippen LogP) is 2.78. The lowest BCUT2D eigenvalue weighted by Gasteiger charge is -2.19. The van der Waals surface area contributed by atoms with Gasteiger partial charge in [-0.25, -0.2) is 0 Å². The third kappa shape index (κ3) is 3.05. The van der Waals surface area contributed by atoms with Crippen molar-refractivity contribution in [2.24, 2.45) is 0 Å². The summed E-state index contributed by atoms with van der Waals surface area (Å²) in [6.07, 6.45) is 6.66. The van der Waals surface area contributed by atoms with Gasteiger partial charge in [-0.3, -0.25) is 4.68 Å². The normalized spacial score (nSPS) is 21.4. The van der Waals surface area contributed by atoms with Gasteiger partial charge >= 0.3 is 0 Å². The summed E-state index contributed by atoms with van der Waals surface area (Å²) in [7, 11) is 1.98. The van der Waals surface area contributed by atoms with Crippen LogP contribution in [0.25, 0.3) is 0 Å². The van der Waals surface area contributed by atoms with Crippen LogP contribution < -0.4 is 5.32 Å². The Labute approximate surface area is 114 Å². The molecule has 18 heavy (non-hydrogen) atoms. The molecule has 102 valence electrons. The molecule has 1 saturated heterocycles. The maximum Gasteiger partial charge on any atom is 0.0834 e. The van der Waals surface area contributed by atoms with Crippen LogP contribution in [-0.4, -0.2) is 29.5 Å². The number of nitrogens with one attached hydrogen (secondary N) is 1. The monoisotopic (exact) mass is 271 g/mol. The Kier molecular flexibility index (Phi) is 5.03. The van der Waals surface area contributed by atoms with Crippen LogP contribution in [0.3, 0.4) is 0 Å². The average molecular weight is 272 g/mol. The maximum absolute atomic E-state index is 6.24. The van der Waals surface area contributed by atoms with E-state index in [1.165, 1.54) is 12.8 Å². The molecule has 0 aromatic carbocycles. The quantitative estimate of drug-likeness (QED) is 0.865. The fraction of sp³-hybridized carbons (Fsp3) is 0.769. The van der Waals surface area contributed by atoms with E-state index in [0.29, 0.717) is 6.10 Å². The predicted molar refractivity (Wildman–Crippen MR) is 72.9 cm³/mol. The molecule has 0 aliphatic carbocycles. The molecule has 2 rings (SSSR count). The van der Waals surface area contributed by atoms with E-state index in [-0.39, 0.29) is 6.04 Å². The van der Waals surface area contributed by atoms with Gasteiger partial charge in [-0.15, -0.1) is 0 Å². The Balaban J connectivity index is 2.00. The van der Waals surface area contributed by atoms with Crippen molar-refractivity contribution in [1.29, 1.82) is 0 Å². The minimum Gasteiger partial charge on any atom is -0.378 e. The van der Waals surface area contributed by atoms with Gasteiger partial charge in [0.25, 0.3) is 0 Å². The van der Waals surface area contributed by atoms with Gasteiger partial charge in [-0.1, -0.05) is 11.6 Å². The molecule has 5 heteroatoms. The van der Waals surface area contributed by atoms with Crippen molar-refractivity contribution in [2.75, 3.05) is 13.7 Å². The zero-order valence-corrected chi connectivity index (χ0v) is 11.9. The van der Waals surface area contributed by atoms with E-state index in [1.807, 2.05) is 11.7 Å². The lowest BCUT2D eigenvalue weighted by Crippen LogP contribution is -2.22. The highest BCUT2D eigenvalue weighted by molar-refractivity contribution is 6.31. The molecule has 0 amide bonds. The third-order valence-corrected chi connectivity index (χ3v) is 3.90. The number of aromatic nitrogens is 2. The Bertz CT molecular complexity index is 374. The average Bonchev–Trinajstić information content (AvgIpc) is 3.01. The van der Waals surface area contributed by atoms with Crippen molar-refractivity contribution in [1.82, 2.24) is 15.1 Å². The molecular formula is C13H22ClN3O. The second-order valence-electron chi connectivity index (χ2n) is 4.75. The first kappa shape index (κ1) is 13.8. The minimum absolute atomic E-state index is 0.254. The van der Waals surface area contributed by atoms with Crippen molar-refractivity contribution in [3.8, 4) is 0 Å². The van der Waals surface area contributed by atoms with Crippen molar-refractivity contribution in [2.45, 2.75) is 51.3 Å². The van der Waals surface area contributed by atoms with Gasteiger partial charge in [0.05, 0.1) is 29.1 Å². The first-order valence-corrected chi connectivity index (χ1v) is 7.14. The Hall–Kier alpha value is -0.580. The molecule has 1 aromatic heterocycles. The summed E-state index contributed by atoms with van der Waals surface area (Å²) in [5, 5.41) is 8.39. The van der Waals surface area contributed by atoms with Crippen LogP contribution in [0.4, 0.5) is 0 Å². The van der Waals surface area contributed by atoms with Crippen LogP contribution in [0.15, 0.2) is 6.20 Å².